The monoisotopic (exact) mass is 391 g/mol. The summed E-state index contributed by atoms with van der Waals surface area (Å²) in [6, 6.07) is 9.45. The Morgan fingerprint density at radius 1 is 1.37 bits per heavy atom. The fraction of sp³-hybridized carbons (Fsp3) is 0.316. The Labute approximate surface area is 159 Å². The standard InChI is InChI=1S/C19H16ClF2N3O2/c20-12-4-5-14(24-9-12)15(26)7-10-2-1-3-11(6-10)19(17(21)22)13-8-16(13)27-18(23)25-19/h1-6,9,13,16-17H,7-8H2,(H2,23,25)/t13-,16+,19+/m1/s1. The Morgan fingerprint density at radius 2 is 2.19 bits per heavy atom. The lowest BCUT2D eigenvalue weighted by atomic mass is 9.84. The van der Waals surface area contributed by atoms with Crippen molar-refractivity contribution >= 4 is 23.4 Å². The highest BCUT2D eigenvalue weighted by Crippen LogP contribution is 2.55. The molecule has 27 heavy (non-hydrogen) atoms. The zero-order valence-corrected chi connectivity index (χ0v) is 14.9. The first-order chi connectivity index (χ1) is 12.9. The van der Waals surface area contributed by atoms with Crippen LogP contribution in [0.15, 0.2) is 47.6 Å². The number of rotatable bonds is 5. The van der Waals surface area contributed by atoms with Crippen LogP contribution >= 0.6 is 11.6 Å². The van der Waals surface area contributed by atoms with Crippen molar-refractivity contribution in [3.8, 4) is 0 Å². The molecule has 2 heterocycles. The minimum absolute atomic E-state index is 0.0333. The summed E-state index contributed by atoms with van der Waals surface area (Å²) in [7, 11) is 0. The second kappa shape index (κ2) is 6.56. The Morgan fingerprint density at radius 3 is 2.89 bits per heavy atom. The number of amidine groups is 1. The maximum atomic E-state index is 14.1. The fourth-order valence-corrected chi connectivity index (χ4v) is 3.69. The van der Waals surface area contributed by atoms with Crippen molar-refractivity contribution in [3.05, 3.63) is 64.4 Å². The molecular weight excluding hydrogens is 376 g/mol. The molecule has 1 fully saturated rings. The number of ketones is 1. The Hall–Kier alpha value is -2.54. The maximum Gasteiger partial charge on any atom is 0.283 e. The van der Waals surface area contributed by atoms with Gasteiger partial charge in [0.15, 0.2) is 11.3 Å². The number of carbonyl (C=O) groups is 1. The molecule has 5 nitrogen and oxygen atoms in total. The Kier molecular flexibility index (Phi) is 4.34. The second-order valence-corrected chi connectivity index (χ2v) is 7.17. The molecule has 0 amide bonds. The molecule has 1 aliphatic heterocycles. The van der Waals surface area contributed by atoms with E-state index < -0.39 is 17.9 Å². The zero-order valence-electron chi connectivity index (χ0n) is 14.1. The summed E-state index contributed by atoms with van der Waals surface area (Å²) in [4.78, 5) is 20.4. The molecule has 2 aromatic rings. The van der Waals surface area contributed by atoms with Crippen LogP contribution in [0.2, 0.25) is 5.02 Å². The van der Waals surface area contributed by atoms with Crippen molar-refractivity contribution in [3.63, 3.8) is 0 Å². The fourth-order valence-electron chi connectivity index (χ4n) is 3.57. The van der Waals surface area contributed by atoms with E-state index >= 15 is 0 Å². The summed E-state index contributed by atoms with van der Waals surface area (Å²) in [5.41, 5.74) is 5.11. The van der Waals surface area contributed by atoms with Gasteiger partial charge in [0.1, 0.15) is 11.8 Å². The Bertz CT molecular complexity index is 919. The van der Waals surface area contributed by atoms with Gasteiger partial charge >= 0.3 is 0 Å². The molecule has 1 aromatic carbocycles. The van der Waals surface area contributed by atoms with Crippen molar-refractivity contribution in [2.45, 2.75) is 30.9 Å². The van der Waals surface area contributed by atoms with E-state index in [1.54, 1.807) is 30.3 Å². The highest BCUT2D eigenvalue weighted by Gasteiger charge is 2.63. The van der Waals surface area contributed by atoms with Gasteiger partial charge in [-0.3, -0.25) is 9.78 Å². The number of pyridine rings is 1. The first kappa shape index (κ1) is 17.9. The number of benzene rings is 1. The lowest BCUT2D eigenvalue weighted by Crippen LogP contribution is -2.42. The number of alkyl halides is 2. The van der Waals surface area contributed by atoms with E-state index in [1.165, 1.54) is 12.3 Å². The molecule has 8 heteroatoms. The first-order valence-corrected chi connectivity index (χ1v) is 8.82. The summed E-state index contributed by atoms with van der Waals surface area (Å²) >= 11 is 5.78. The van der Waals surface area contributed by atoms with E-state index in [-0.39, 0.29) is 30.0 Å². The smallest absolute Gasteiger partial charge is 0.283 e. The van der Waals surface area contributed by atoms with Gasteiger partial charge in [-0.1, -0.05) is 35.9 Å². The van der Waals surface area contributed by atoms with Crippen LogP contribution < -0.4 is 5.73 Å². The molecule has 0 bridgehead atoms. The molecule has 2 N–H and O–H groups in total. The van der Waals surface area contributed by atoms with E-state index in [2.05, 4.69) is 9.98 Å². The van der Waals surface area contributed by atoms with Gasteiger partial charge in [-0.2, -0.15) is 0 Å². The van der Waals surface area contributed by atoms with Gasteiger partial charge in [0, 0.05) is 18.5 Å². The van der Waals surface area contributed by atoms with Crippen LogP contribution in [0, 0.1) is 5.92 Å². The van der Waals surface area contributed by atoms with Gasteiger partial charge in [0.2, 0.25) is 0 Å². The highest BCUT2D eigenvalue weighted by molar-refractivity contribution is 6.30. The van der Waals surface area contributed by atoms with Crippen LogP contribution in [-0.2, 0) is 16.7 Å². The zero-order chi connectivity index (χ0) is 19.2. The molecule has 0 radical (unpaired) electrons. The first-order valence-electron chi connectivity index (χ1n) is 8.44. The van der Waals surface area contributed by atoms with Gasteiger partial charge < -0.3 is 10.5 Å². The van der Waals surface area contributed by atoms with E-state index in [4.69, 9.17) is 22.1 Å². The number of aromatic nitrogens is 1. The number of hydrogen-bond acceptors (Lipinski definition) is 5. The third-order valence-electron chi connectivity index (χ3n) is 4.96. The van der Waals surface area contributed by atoms with E-state index in [9.17, 15) is 13.6 Å². The average Bonchev–Trinajstić information content (AvgIpc) is 3.41. The predicted octanol–water partition coefficient (Wildman–Crippen LogP) is 3.35. The van der Waals surface area contributed by atoms with Crippen LogP contribution in [0.4, 0.5) is 8.78 Å². The molecule has 1 aromatic heterocycles. The lowest BCUT2D eigenvalue weighted by molar-refractivity contribution is 0.0196. The molecule has 3 atom stereocenters. The molecule has 140 valence electrons. The normalized spacial score (nSPS) is 26.1. The number of carbonyl (C=O) groups excluding carboxylic acids is 1. The van der Waals surface area contributed by atoms with E-state index in [0.717, 1.165) is 0 Å². The molecule has 2 aliphatic rings. The summed E-state index contributed by atoms with van der Waals surface area (Å²) < 4.78 is 33.5. The summed E-state index contributed by atoms with van der Waals surface area (Å²) in [6.07, 6.45) is -1.17. The van der Waals surface area contributed by atoms with Crippen LogP contribution in [0.3, 0.4) is 0 Å². The number of nitrogens with zero attached hydrogens (tertiary/aromatic N) is 2. The van der Waals surface area contributed by atoms with Gasteiger partial charge in [-0.25, -0.2) is 13.8 Å². The SMILES string of the molecule is NC1=N[C@](c2cccc(CC(=O)c3ccc(Cl)cn3)c2)(C(F)F)[C@@H]2C[C@@H]2O1. The summed E-state index contributed by atoms with van der Waals surface area (Å²) in [6.45, 7) is 0. The van der Waals surface area contributed by atoms with Crippen LogP contribution in [0.25, 0.3) is 0 Å². The number of ether oxygens (including phenoxy) is 1. The van der Waals surface area contributed by atoms with E-state index in [0.29, 0.717) is 22.6 Å². The topological polar surface area (TPSA) is 77.6 Å². The number of halogens is 3. The highest BCUT2D eigenvalue weighted by atomic mass is 35.5. The van der Waals surface area contributed by atoms with Gasteiger partial charge in [0.25, 0.3) is 12.4 Å². The quantitative estimate of drug-likeness (QED) is 0.793. The number of hydrogen-bond donors (Lipinski definition) is 1. The molecule has 4 rings (SSSR count). The molecule has 1 aliphatic carbocycles. The average molecular weight is 392 g/mol. The van der Waals surface area contributed by atoms with Gasteiger partial charge in [-0.05, 0) is 29.7 Å². The number of aliphatic imine (C=N–C) groups is 1. The third kappa shape index (κ3) is 3.16. The predicted molar refractivity (Wildman–Crippen MR) is 96.0 cm³/mol. The van der Waals surface area contributed by atoms with Crippen molar-refractivity contribution in [2.75, 3.05) is 0 Å². The minimum Gasteiger partial charge on any atom is -0.462 e. The van der Waals surface area contributed by atoms with Crippen molar-refractivity contribution < 1.29 is 18.3 Å². The van der Waals surface area contributed by atoms with Crippen LogP contribution in [0.5, 0.6) is 0 Å². The molecule has 1 saturated carbocycles. The molecule has 0 saturated heterocycles. The maximum absolute atomic E-state index is 14.1. The number of fused-ring (bicyclic) bond motifs is 1. The van der Waals surface area contributed by atoms with Crippen molar-refractivity contribution in [2.24, 2.45) is 16.6 Å². The third-order valence-corrected chi connectivity index (χ3v) is 5.19. The second-order valence-electron chi connectivity index (χ2n) is 6.74. The minimum atomic E-state index is -2.74. The molecule has 0 spiro atoms. The largest absolute Gasteiger partial charge is 0.462 e. The summed E-state index contributed by atoms with van der Waals surface area (Å²) in [5, 5.41) is 0.432. The summed E-state index contributed by atoms with van der Waals surface area (Å²) in [5.74, 6) is -0.650. The van der Waals surface area contributed by atoms with Crippen LogP contribution in [-0.4, -0.2) is 29.3 Å². The van der Waals surface area contributed by atoms with Crippen molar-refractivity contribution in [1.29, 1.82) is 0 Å². The lowest BCUT2D eigenvalue weighted by Gasteiger charge is -2.33. The van der Waals surface area contributed by atoms with Crippen molar-refractivity contribution in [1.82, 2.24) is 4.98 Å². The van der Waals surface area contributed by atoms with Crippen LogP contribution in [0.1, 0.15) is 28.0 Å². The van der Waals surface area contributed by atoms with E-state index in [1.807, 2.05) is 0 Å². The Balaban J connectivity index is 1.65. The molecular formula is C19H16ClF2N3O2. The number of nitrogens with two attached hydrogens (primary N) is 1. The van der Waals surface area contributed by atoms with Gasteiger partial charge in [-0.15, -0.1) is 0 Å². The number of Topliss-reactive ketones (excluding diaryl/α,β-unsaturated/α-hetero) is 1. The molecule has 0 unspecified atom stereocenters. The van der Waals surface area contributed by atoms with Gasteiger partial charge in [0.05, 0.1) is 5.02 Å².